The summed E-state index contributed by atoms with van der Waals surface area (Å²) >= 11 is 6.28. The number of ether oxygens (including phenoxy) is 3. The second kappa shape index (κ2) is 8.46. The lowest BCUT2D eigenvalue weighted by molar-refractivity contribution is -0.142. The number of nitrogens with zero attached hydrogens (tertiary/aromatic N) is 2. The third-order valence-corrected chi connectivity index (χ3v) is 4.17. The Bertz CT molecular complexity index is 1070. The summed E-state index contributed by atoms with van der Waals surface area (Å²) in [6, 6.07) is 12.9. The van der Waals surface area contributed by atoms with Gasteiger partial charge >= 0.3 is 5.97 Å². The van der Waals surface area contributed by atoms with Crippen molar-refractivity contribution in [2.45, 2.75) is 0 Å². The smallest absolute Gasteiger partial charge is 0.343 e. The summed E-state index contributed by atoms with van der Waals surface area (Å²) in [6.45, 7) is -0.301. The summed E-state index contributed by atoms with van der Waals surface area (Å²) in [4.78, 5) is 18.8. The molecule has 0 spiro atoms. The summed E-state index contributed by atoms with van der Waals surface area (Å²) in [7, 11) is 2.72. The normalized spacial score (nSPS) is 11.1. The van der Waals surface area contributed by atoms with E-state index < -0.39 is 5.97 Å². The Hall–Kier alpha value is -3.50. The van der Waals surface area contributed by atoms with E-state index >= 15 is 0 Å². The summed E-state index contributed by atoms with van der Waals surface area (Å²) in [6.07, 6.45) is 1.64. The summed E-state index contributed by atoms with van der Waals surface area (Å²) < 4.78 is 15.2. The minimum Gasteiger partial charge on any atom is -0.493 e. The molecule has 142 valence electrons. The van der Waals surface area contributed by atoms with E-state index in [2.05, 4.69) is 20.8 Å². The lowest BCUT2D eigenvalue weighted by Gasteiger charge is -2.12. The molecular formula is C20H16ClN3O4. The van der Waals surface area contributed by atoms with Crippen molar-refractivity contribution in [2.24, 2.45) is 0 Å². The average molecular weight is 398 g/mol. The number of allylic oxidation sites excluding steroid dienone is 1. The Morgan fingerprint density at radius 2 is 2.11 bits per heavy atom. The molecule has 1 heterocycles. The highest BCUT2D eigenvalue weighted by Gasteiger charge is 2.15. The molecule has 1 N–H and O–H groups in total. The van der Waals surface area contributed by atoms with Crippen LogP contribution in [0.3, 0.4) is 0 Å². The number of methoxy groups -OCH3 is 2. The third-order valence-electron chi connectivity index (χ3n) is 3.89. The van der Waals surface area contributed by atoms with E-state index in [4.69, 9.17) is 21.1 Å². The molecule has 8 heteroatoms. The van der Waals surface area contributed by atoms with E-state index in [9.17, 15) is 10.1 Å². The maximum Gasteiger partial charge on any atom is 0.343 e. The van der Waals surface area contributed by atoms with Crippen molar-refractivity contribution < 1.29 is 19.0 Å². The van der Waals surface area contributed by atoms with Crippen LogP contribution < -0.4 is 9.47 Å². The number of aromatic nitrogens is 2. The van der Waals surface area contributed by atoms with Crippen LogP contribution in [0.2, 0.25) is 5.02 Å². The molecule has 7 nitrogen and oxygen atoms in total. The number of rotatable bonds is 6. The molecule has 0 saturated carbocycles. The number of para-hydroxylation sites is 2. The molecule has 1 aromatic heterocycles. The zero-order valence-electron chi connectivity index (χ0n) is 15.2. The molecule has 0 aliphatic rings. The Labute approximate surface area is 166 Å². The average Bonchev–Trinajstić information content (AvgIpc) is 3.14. The van der Waals surface area contributed by atoms with Crippen molar-refractivity contribution in [2.75, 3.05) is 20.8 Å². The van der Waals surface area contributed by atoms with Gasteiger partial charge in [-0.15, -0.1) is 0 Å². The lowest BCUT2D eigenvalue weighted by Crippen LogP contribution is -2.13. The number of hydrogen-bond acceptors (Lipinski definition) is 6. The fourth-order valence-corrected chi connectivity index (χ4v) is 2.83. The van der Waals surface area contributed by atoms with Gasteiger partial charge in [0.1, 0.15) is 11.9 Å². The van der Waals surface area contributed by atoms with Crippen molar-refractivity contribution in [1.29, 1.82) is 5.26 Å². The quantitative estimate of drug-likeness (QED) is 0.501. The minimum atomic E-state index is -0.543. The van der Waals surface area contributed by atoms with Gasteiger partial charge in [-0.05, 0) is 35.9 Å². The molecule has 28 heavy (non-hydrogen) atoms. The molecule has 3 aromatic rings. The van der Waals surface area contributed by atoms with E-state index in [1.54, 1.807) is 18.2 Å². The van der Waals surface area contributed by atoms with E-state index in [1.807, 2.05) is 24.3 Å². The van der Waals surface area contributed by atoms with Crippen LogP contribution in [0.25, 0.3) is 22.7 Å². The number of esters is 1. The number of aromatic amines is 1. The highest BCUT2D eigenvalue weighted by Crippen LogP contribution is 2.37. The van der Waals surface area contributed by atoms with Gasteiger partial charge in [0.05, 0.1) is 35.8 Å². The first kappa shape index (κ1) is 19.3. The van der Waals surface area contributed by atoms with Crippen LogP contribution in [0, 0.1) is 11.3 Å². The van der Waals surface area contributed by atoms with E-state index in [0.29, 0.717) is 22.7 Å². The van der Waals surface area contributed by atoms with Crippen LogP contribution in [0.5, 0.6) is 11.5 Å². The van der Waals surface area contributed by atoms with Crippen LogP contribution in [-0.4, -0.2) is 36.8 Å². The standard InChI is InChI=1S/C20H16ClN3O4/c1-26-17-9-12(8-14(21)19(17)28-11-18(25)27-2)7-13(10-22)20-23-15-5-3-4-6-16(15)24-20/h3-9H,11H2,1-2H3,(H,23,24). The van der Waals surface area contributed by atoms with Gasteiger partial charge in [-0.2, -0.15) is 5.26 Å². The van der Waals surface area contributed by atoms with Gasteiger partial charge in [0.2, 0.25) is 0 Å². The Kier molecular flexibility index (Phi) is 5.82. The molecular weight excluding hydrogens is 382 g/mol. The fraction of sp³-hybridized carbons (Fsp3) is 0.150. The maximum atomic E-state index is 11.3. The van der Waals surface area contributed by atoms with Gasteiger partial charge in [-0.1, -0.05) is 23.7 Å². The second-order valence-corrected chi connectivity index (χ2v) is 6.08. The number of imidazole rings is 1. The number of carbonyl (C=O) groups excluding carboxylic acids is 1. The molecule has 0 unspecified atom stereocenters. The lowest BCUT2D eigenvalue weighted by atomic mass is 10.1. The number of carbonyl (C=O) groups is 1. The van der Waals surface area contributed by atoms with Crippen LogP contribution in [0.4, 0.5) is 0 Å². The highest BCUT2D eigenvalue weighted by molar-refractivity contribution is 6.32. The van der Waals surface area contributed by atoms with Gasteiger partial charge in [-0.25, -0.2) is 9.78 Å². The summed E-state index contributed by atoms with van der Waals surface area (Å²) in [5, 5.41) is 9.80. The molecule has 0 aliphatic heterocycles. The van der Waals surface area contributed by atoms with Crippen molar-refractivity contribution in [1.82, 2.24) is 9.97 Å². The van der Waals surface area contributed by atoms with E-state index in [-0.39, 0.29) is 17.4 Å². The number of nitriles is 1. The third kappa shape index (κ3) is 4.08. The second-order valence-electron chi connectivity index (χ2n) is 5.67. The highest BCUT2D eigenvalue weighted by atomic mass is 35.5. The Balaban J connectivity index is 1.96. The van der Waals surface area contributed by atoms with E-state index in [0.717, 1.165) is 11.0 Å². The number of nitrogens with one attached hydrogen (secondary N) is 1. The first-order valence-electron chi connectivity index (χ1n) is 8.19. The van der Waals surface area contributed by atoms with Crippen molar-refractivity contribution in [3.63, 3.8) is 0 Å². The monoisotopic (exact) mass is 397 g/mol. The predicted molar refractivity (Wildman–Crippen MR) is 105 cm³/mol. The molecule has 3 rings (SSSR count). The summed E-state index contributed by atoms with van der Waals surface area (Å²) in [5.41, 5.74) is 2.54. The van der Waals surface area contributed by atoms with Gasteiger partial charge in [0.15, 0.2) is 18.1 Å². The largest absolute Gasteiger partial charge is 0.493 e. The molecule has 0 saturated heterocycles. The van der Waals surface area contributed by atoms with Gasteiger partial charge in [0.25, 0.3) is 0 Å². The zero-order valence-corrected chi connectivity index (χ0v) is 15.9. The minimum absolute atomic E-state index is 0.217. The van der Waals surface area contributed by atoms with Crippen LogP contribution >= 0.6 is 11.6 Å². The van der Waals surface area contributed by atoms with E-state index in [1.165, 1.54) is 14.2 Å². The first-order valence-corrected chi connectivity index (χ1v) is 8.57. The number of halogens is 1. The molecule has 2 aromatic carbocycles. The van der Waals surface area contributed by atoms with Crippen LogP contribution in [0.1, 0.15) is 11.4 Å². The Morgan fingerprint density at radius 1 is 1.32 bits per heavy atom. The van der Waals surface area contributed by atoms with Gasteiger partial charge in [0, 0.05) is 0 Å². The van der Waals surface area contributed by atoms with Crippen molar-refractivity contribution >= 4 is 40.3 Å². The van der Waals surface area contributed by atoms with Crippen molar-refractivity contribution in [3.8, 4) is 17.6 Å². The van der Waals surface area contributed by atoms with Gasteiger partial charge in [-0.3, -0.25) is 0 Å². The maximum absolute atomic E-state index is 11.3. The fourth-order valence-electron chi connectivity index (χ4n) is 2.55. The van der Waals surface area contributed by atoms with Crippen LogP contribution in [-0.2, 0) is 9.53 Å². The SMILES string of the molecule is COC(=O)COc1c(Cl)cc(C=C(C#N)c2nc3ccccc3[nH]2)cc1OC. The number of benzene rings is 2. The molecule has 0 radical (unpaired) electrons. The number of hydrogen-bond donors (Lipinski definition) is 1. The van der Waals surface area contributed by atoms with Crippen molar-refractivity contribution in [3.05, 3.63) is 52.8 Å². The predicted octanol–water partition coefficient (Wildman–Crippen LogP) is 3.84. The number of H-pyrrole nitrogens is 1. The van der Waals surface area contributed by atoms with Crippen LogP contribution in [0.15, 0.2) is 36.4 Å². The molecule has 0 aliphatic carbocycles. The summed E-state index contributed by atoms with van der Waals surface area (Å²) in [5.74, 6) is 0.446. The van der Waals surface area contributed by atoms with Gasteiger partial charge < -0.3 is 19.2 Å². The molecule has 0 amide bonds. The molecule has 0 fully saturated rings. The molecule has 0 bridgehead atoms. The number of fused-ring (bicyclic) bond motifs is 1. The Morgan fingerprint density at radius 3 is 2.79 bits per heavy atom. The first-order chi connectivity index (χ1) is 13.5. The zero-order chi connectivity index (χ0) is 20.1. The topological polar surface area (TPSA) is 97.2 Å². The molecule has 0 atom stereocenters.